The van der Waals surface area contributed by atoms with Crippen LogP contribution >= 0.6 is 0 Å². The Morgan fingerprint density at radius 1 is 1.21 bits per heavy atom. The number of urea groups is 1. The van der Waals surface area contributed by atoms with Crippen molar-refractivity contribution in [3.63, 3.8) is 0 Å². The summed E-state index contributed by atoms with van der Waals surface area (Å²) in [5.41, 5.74) is 2.75. The molecule has 1 saturated carbocycles. The lowest BCUT2D eigenvalue weighted by Crippen LogP contribution is -2.57. The van der Waals surface area contributed by atoms with E-state index in [1.807, 2.05) is 4.90 Å². The van der Waals surface area contributed by atoms with E-state index in [1.165, 1.54) is 49.9 Å². The molecule has 0 spiro atoms. The summed E-state index contributed by atoms with van der Waals surface area (Å²) in [7, 11) is 2.13. The summed E-state index contributed by atoms with van der Waals surface area (Å²) in [5, 5.41) is 8.09. The molecular formula is C22H35N5O2. The van der Waals surface area contributed by atoms with Crippen LogP contribution in [0, 0.1) is 5.92 Å². The third kappa shape index (κ3) is 3.91. The van der Waals surface area contributed by atoms with Crippen LogP contribution in [-0.2, 0) is 11.8 Å². The van der Waals surface area contributed by atoms with E-state index in [4.69, 9.17) is 9.84 Å². The second-order valence-corrected chi connectivity index (χ2v) is 9.42. The summed E-state index contributed by atoms with van der Waals surface area (Å²) in [5.74, 6) is 1.97. The Kier molecular flexibility index (Phi) is 5.52. The lowest BCUT2D eigenvalue weighted by Gasteiger charge is -2.50. The van der Waals surface area contributed by atoms with Gasteiger partial charge in [-0.1, -0.05) is 12.8 Å². The monoisotopic (exact) mass is 401 g/mol. The molecule has 4 saturated heterocycles. The summed E-state index contributed by atoms with van der Waals surface area (Å²) in [6.07, 6.45) is 7.77. The van der Waals surface area contributed by atoms with Crippen LogP contribution in [0.2, 0.25) is 0 Å². The minimum absolute atomic E-state index is 0.0698. The third-order valence-electron chi connectivity index (χ3n) is 7.75. The van der Waals surface area contributed by atoms with Crippen molar-refractivity contribution in [3.8, 4) is 0 Å². The minimum Gasteiger partial charge on any atom is -0.378 e. The van der Waals surface area contributed by atoms with E-state index < -0.39 is 0 Å². The highest BCUT2D eigenvalue weighted by Crippen LogP contribution is 2.43. The molecule has 1 aromatic rings. The zero-order chi connectivity index (χ0) is 19.8. The molecule has 2 amide bonds. The summed E-state index contributed by atoms with van der Waals surface area (Å²) in [6, 6.07) is 2.95. The van der Waals surface area contributed by atoms with Crippen LogP contribution in [0.5, 0.6) is 0 Å². The van der Waals surface area contributed by atoms with Gasteiger partial charge in [-0.05, 0) is 44.2 Å². The predicted molar refractivity (Wildman–Crippen MR) is 111 cm³/mol. The van der Waals surface area contributed by atoms with Crippen molar-refractivity contribution in [2.24, 2.45) is 13.0 Å². The van der Waals surface area contributed by atoms with Crippen LogP contribution in [0.25, 0.3) is 0 Å². The second kappa shape index (κ2) is 8.26. The fourth-order valence-corrected chi connectivity index (χ4v) is 6.04. The Hall–Kier alpha value is -1.60. The molecule has 1 unspecified atom stereocenters. The Bertz CT molecular complexity index is 723. The van der Waals surface area contributed by atoms with Gasteiger partial charge < -0.3 is 15.0 Å². The van der Waals surface area contributed by atoms with Crippen LogP contribution < -0.4 is 5.32 Å². The predicted octanol–water partition coefficient (Wildman–Crippen LogP) is 2.30. The second-order valence-electron chi connectivity index (χ2n) is 9.42. The van der Waals surface area contributed by atoms with Crippen LogP contribution in [0.15, 0.2) is 6.07 Å². The fraction of sp³-hybridized carbons (Fsp3) is 0.818. The molecule has 7 nitrogen and oxygen atoms in total. The molecule has 1 aliphatic carbocycles. The van der Waals surface area contributed by atoms with E-state index in [1.54, 1.807) is 0 Å². The number of fused-ring (bicyclic) bond motifs is 3. The molecule has 1 aromatic heterocycles. The Labute approximate surface area is 173 Å². The van der Waals surface area contributed by atoms with Gasteiger partial charge in [0.05, 0.1) is 18.9 Å². The van der Waals surface area contributed by atoms with Gasteiger partial charge in [-0.15, -0.1) is 0 Å². The van der Waals surface area contributed by atoms with Crippen molar-refractivity contribution < 1.29 is 9.53 Å². The standard InChI is InChI=1S/C22H35N5O2/c1-25-21(13-20(24-25)16-4-2-3-5-16)19-15-27-7-6-17(19)12-18(27)14-23-22(28)26-8-10-29-11-9-26/h13,16-19H,2-12,14-15H2,1H3,(H,23,28)/t17-,18+,19+/m0/s1. The molecule has 4 atom stereocenters. The number of nitrogens with one attached hydrogen (secondary N) is 1. The topological polar surface area (TPSA) is 62.6 Å². The molecule has 5 heterocycles. The van der Waals surface area contributed by atoms with E-state index in [2.05, 4.69) is 28.0 Å². The van der Waals surface area contributed by atoms with E-state index in [0.717, 1.165) is 19.6 Å². The molecule has 2 bridgehead atoms. The molecule has 5 aliphatic rings. The van der Waals surface area contributed by atoms with Gasteiger partial charge in [-0.3, -0.25) is 9.58 Å². The number of nitrogens with zero attached hydrogens (tertiary/aromatic N) is 4. The molecule has 0 aromatic carbocycles. The van der Waals surface area contributed by atoms with E-state index >= 15 is 0 Å². The molecule has 5 fully saturated rings. The van der Waals surface area contributed by atoms with Crippen LogP contribution in [0.1, 0.15) is 61.7 Å². The molecule has 6 rings (SSSR count). The molecule has 29 heavy (non-hydrogen) atoms. The van der Waals surface area contributed by atoms with Crippen molar-refractivity contribution in [1.82, 2.24) is 24.9 Å². The van der Waals surface area contributed by atoms with Crippen LogP contribution in [0.4, 0.5) is 4.79 Å². The summed E-state index contributed by atoms with van der Waals surface area (Å²) < 4.78 is 7.51. The van der Waals surface area contributed by atoms with Crippen molar-refractivity contribution in [2.75, 3.05) is 45.9 Å². The van der Waals surface area contributed by atoms with Gasteiger partial charge in [-0.2, -0.15) is 5.10 Å². The Balaban J connectivity index is 1.20. The van der Waals surface area contributed by atoms with Crippen LogP contribution in [0.3, 0.4) is 0 Å². The first-order valence-corrected chi connectivity index (χ1v) is 11.6. The number of hydrogen-bond acceptors (Lipinski definition) is 4. The first-order valence-electron chi connectivity index (χ1n) is 11.6. The van der Waals surface area contributed by atoms with E-state index in [9.17, 15) is 4.79 Å². The van der Waals surface area contributed by atoms with Gasteiger partial charge in [0, 0.05) is 56.8 Å². The van der Waals surface area contributed by atoms with Gasteiger partial charge in [0.15, 0.2) is 0 Å². The number of piperidine rings is 3. The zero-order valence-electron chi connectivity index (χ0n) is 17.7. The normalized spacial score (nSPS) is 32.7. The number of amides is 2. The highest BCUT2D eigenvalue weighted by atomic mass is 16.5. The van der Waals surface area contributed by atoms with Crippen molar-refractivity contribution in [1.29, 1.82) is 0 Å². The number of rotatable bonds is 4. The van der Waals surface area contributed by atoms with Gasteiger partial charge >= 0.3 is 6.03 Å². The number of morpholine rings is 1. The average Bonchev–Trinajstić information content (AvgIpc) is 3.43. The lowest BCUT2D eigenvalue weighted by atomic mass is 9.74. The first-order chi connectivity index (χ1) is 14.2. The molecule has 7 heteroatoms. The molecular weight excluding hydrogens is 366 g/mol. The van der Waals surface area contributed by atoms with Gasteiger partial charge in [-0.25, -0.2) is 4.79 Å². The highest BCUT2D eigenvalue weighted by Gasteiger charge is 2.42. The SMILES string of the molecule is Cn1nc(C2CCCC2)cc1[C@@H]1CN2CC[C@H]1C[C@@H]2CNC(=O)N1CCOCC1. The van der Waals surface area contributed by atoms with Gasteiger partial charge in [0.2, 0.25) is 0 Å². The fourth-order valence-electron chi connectivity index (χ4n) is 6.04. The summed E-state index contributed by atoms with van der Waals surface area (Å²) >= 11 is 0. The van der Waals surface area contributed by atoms with Crippen molar-refractivity contribution in [2.45, 2.75) is 56.4 Å². The van der Waals surface area contributed by atoms with E-state index in [-0.39, 0.29) is 6.03 Å². The smallest absolute Gasteiger partial charge is 0.317 e. The number of carbonyl (C=O) groups is 1. The molecule has 0 radical (unpaired) electrons. The van der Waals surface area contributed by atoms with E-state index in [0.29, 0.717) is 50.1 Å². The molecule has 160 valence electrons. The van der Waals surface area contributed by atoms with Gasteiger partial charge in [0.1, 0.15) is 0 Å². The number of aromatic nitrogens is 2. The Morgan fingerprint density at radius 2 is 2.00 bits per heavy atom. The maximum atomic E-state index is 12.4. The zero-order valence-corrected chi connectivity index (χ0v) is 17.7. The highest BCUT2D eigenvalue weighted by molar-refractivity contribution is 5.74. The van der Waals surface area contributed by atoms with Gasteiger partial charge in [0.25, 0.3) is 0 Å². The maximum Gasteiger partial charge on any atom is 0.317 e. The average molecular weight is 402 g/mol. The number of carbonyl (C=O) groups excluding carboxylic acids is 1. The van der Waals surface area contributed by atoms with Crippen LogP contribution in [-0.4, -0.2) is 77.6 Å². The lowest BCUT2D eigenvalue weighted by molar-refractivity contribution is 0.0265. The Morgan fingerprint density at radius 3 is 2.72 bits per heavy atom. The quantitative estimate of drug-likeness (QED) is 0.841. The molecule has 1 N–H and O–H groups in total. The third-order valence-corrected chi connectivity index (χ3v) is 7.75. The number of hydrogen-bond donors (Lipinski definition) is 1. The number of aryl methyl sites for hydroxylation is 1. The minimum atomic E-state index is 0.0698. The maximum absolute atomic E-state index is 12.4. The molecule has 4 aliphatic heterocycles. The largest absolute Gasteiger partial charge is 0.378 e. The summed E-state index contributed by atoms with van der Waals surface area (Å²) in [4.78, 5) is 16.9. The number of ether oxygens (including phenoxy) is 1. The summed E-state index contributed by atoms with van der Waals surface area (Å²) in [6.45, 7) is 5.74. The van der Waals surface area contributed by atoms with Crippen molar-refractivity contribution >= 4 is 6.03 Å². The first kappa shape index (κ1) is 19.4. The van der Waals surface area contributed by atoms with Crippen molar-refractivity contribution in [3.05, 3.63) is 17.5 Å².